The van der Waals surface area contributed by atoms with E-state index in [1.807, 2.05) is 46.8 Å². The lowest BCUT2D eigenvalue weighted by Gasteiger charge is -2.29. The predicted molar refractivity (Wildman–Crippen MR) is 133 cm³/mol. The molecule has 0 spiro atoms. The van der Waals surface area contributed by atoms with Crippen LogP contribution in [0.2, 0.25) is 0 Å². The van der Waals surface area contributed by atoms with Gasteiger partial charge in [0, 0.05) is 20.1 Å². The first kappa shape index (κ1) is 28.9. The zero-order valence-corrected chi connectivity index (χ0v) is 22.3. The Morgan fingerprint density at radius 3 is 1.94 bits per heavy atom. The summed E-state index contributed by atoms with van der Waals surface area (Å²) >= 11 is 0. The summed E-state index contributed by atoms with van der Waals surface area (Å²) in [6, 6.07) is 3.74. The molecule has 10 heteroatoms. The normalized spacial score (nSPS) is 11.7. The highest BCUT2D eigenvalue weighted by molar-refractivity contribution is 14.0. The van der Waals surface area contributed by atoms with Gasteiger partial charge < -0.3 is 34.9 Å². The summed E-state index contributed by atoms with van der Waals surface area (Å²) in [5.74, 6) is 2.29. The van der Waals surface area contributed by atoms with Gasteiger partial charge in [-0.3, -0.25) is 4.99 Å². The Kier molecular flexibility index (Phi) is 11.8. The average molecular weight is 552 g/mol. The molecule has 1 rings (SSSR count). The summed E-state index contributed by atoms with van der Waals surface area (Å²) in [6.45, 7) is 10.2. The lowest BCUT2D eigenvalue weighted by Crippen LogP contribution is -2.54. The standard InChI is InChI=1S/C21H36N4O5.HI/c1-20(2,3)30-19(26)25-21(4,5)13-24-18(22-6)23-12-14-10-15(27-7)17(29-9)16(11-14)28-8;/h10-11H,12-13H2,1-9H3,(H,25,26)(H2,22,23,24);1H. The van der Waals surface area contributed by atoms with E-state index in [0.29, 0.717) is 36.3 Å². The van der Waals surface area contributed by atoms with Crippen molar-refractivity contribution in [3.63, 3.8) is 0 Å². The van der Waals surface area contributed by atoms with Gasteiger partial charge in [0.2, 0.25) is 5.75 Å². The van der Waals surface area contributed by atoms with Crippen molar-refractivity contribution in [2.24, 2.45) is 4.99 Å². The third kappa shape index (κ3) is 10.2. The van der Waals surface area contributed by atoms with Crippen LogP contribution in [0.4, 0.5) is 4.79 Å². The molecule has 0 aliphatic heterocycles. The summed E-state index contributed by atoms with van der Waals surface area (Å²) in [7, 11) is 6.40. The molecule has 0 aliphatic rings. The zero-order valence-electron chi connectivity index (χ0n) is 20.0. The molecular formula is C21H37IN4O5. The van der Waals surface area contributed by atoms with Crippen molar-refractivity contribution in [2.75, 3.05) is 34.9 Å². The van der Waals surface area contributed by atoms with Crippen LogP contribution in [0.15, 0.2) is 17.1 Å². The number of guanidine groups is 1. The highest BCUT2D eigenvalue weighted by Crippen LogP contribution is 2.38. The third-order valence-corrected chi connectivity index (χ3v) is 3.95. The number of aliphatic imine (C=N–C) groups is 1. The van der Waals surface area contributed by atoms with Gasteiger partial charge in [-0.25, -0.2) is 4.79 Å². The van der Waals surface area contributed by atoms with E-state index >= 15 is 0 Å². The molecular weight excluding hydrogens is 515 g/mol. The fraction of sp³-hybridized carbons (Fsp3) is 0.619. The first-order valence-corrected chi connectivity index (χ1v) is 9.69. The van der Waals surface area contributed by atoms with Crippen LogP contribution in [0, 0.1) is 0 Å². The second-order valence-corrected chi connectivity index (χ2v) is 8.32. The summed E-state index contributed by atoms with van der Waals surface area (Å²) in [5.41, 5.74) is -0.170. The van der Waals surface area contributed by atoms with Gasteiger partial charge in [0.25, 0.3) is 0 Å². The number of halogens is 1. The SMILES string of the molecule is CN=C(NCc1cc(OC)c(OC)c(OC)c1)NCC(C)(C)NC(=O)OC(C)(C)C.I. The number of nitrogens with one attached hydrogen (secondary N) is 3. The lowest BCUT2D eigenvalue weighted by atomic mass is 10.1. The van der Waals surface area contributed by atoms with Crippen LogP contribution in [0.1, 0.15) is 40.2 Å². The van der Waals surface area contributed by atoms with E-state index in [1.54, 1.807) is 28.4 Å². The van der Waals surface area contributed by atoms with E-state index in [0.717, 1.165) is 5.56 Å². The van der Waals surface area contributed by atoms with Crippen LogP contribution in [0.25, 0.3) is 0 Å². The number of hydrogen-bond acceptors (Lipinski definition) is 6. The van der Waals surface area contributed by atoms with Crippen molar-refractivity contribution in [1.82, 2.24) is 16.0 Å². The number of carbonyl (C=O) groups excluding carboxylic acids is 1. The molecule has 0 saturated heterocycles. The molecule has 1 amide bonds. The van der Waals surface area contributed by atoms with Crippen LogP contribution in [0.5, 0.6) is 17.2 Å². The van der Waals surface area contributed by atoms with E-state index < -0.39 is 17.2 Å². The minimum atomic E-state index is -0.550. The number of methoxy groups -OCH3 is 3. The van der Waals surface area contributed by atoms with E-state index in [4.69, 9.17) is 18.9 Å². The first-order chi connectivity index (χ1) is 13.9. The Balaban J connectivity index is 0.00000900. The second-order valence-electron chi connectivity index (χ2n) is 8.32. The Bertz CT molecular complexity index is 723. The van der Waals surface area contributed by atoms with Crippen molar-refractivity contribution in [3.05, 3.63) is 17.7 Å². The minimum absolute atomic E-state index is 0. The van der Waals surface area contributed by atoms with Gasteiger partial charge in [-0.15, -0.1) is 24.0 Å². The van der Waals surface area contributed by atoms with Gasteiger partial charge in [0.1, 0.15) is 5.60 Å². The number of alkyl carbamates (subject to hydrolysis) is 1. The monoisotopic (exact) mass is 552 g/mol. The Labute approximate surface area is 202 Å². The highest BCUT2D eigenvalue weighted by atomic mass is 127. The first-order valence-electron chi connectivity index (χ1n) is 9.69. The predicted octanol–water partition coefficient (Wildman–Crippen LogP) is 3.30. The molecule has 31 heavy (non-hydrogen) atoms. The van der Waals surface area contributed by atoms with Crippen molar-refractivity contribution < 1.29 is 23.7 Å². The van der Waals surface area contributed by atoms with Crippen molar-refractivity contribution in [3.8, 4) is 17.2 Å². The topological polar surface area (TPSA) is 102 Å². The summed E-state index contributed by atoms with van der Waals surface area (Å²) < 4.78 is 21.4. The molecule has 178 valence electrons. The smallest absolute Gasteiger partial charge is 0.408 e. The van der Waals surface area contributed by atoms with Crippen molar-refractivity contribution >= 4 is 36.0 Å². The van der Waals surface area contributed by atoms with E-state index in [-0.39, 0.29) is 24.0 Å². The summed E-state index contributed by atoms with van der Waals surface area (Å²) in [4.78, 5) is 16.3. The fourth-order valence-electron chi connectivity index (χ4n) is 2.57. The number of benzene rings is 1. The second kappa shape index (κ2) is 12.7. The van der Waals surface area contributed by atoms with Crippen molar-refractivity contribution in [2.45, 2.75) is 52.3 Å². The number of ether oxygens (including phenoxy) is 4. The van der Waals surface area contributed by atoms with Crippen LogP contribution in [-0.2, 0) is 11.3 Å². The molecule has 0 saturated carbocycles. The molecule has 0 radical (unpaired) electrons. The van der Waals surface area contributed by atoms with E-state index in [9.17, 15) is 4.79 Å². The lowest BCUT2D eigenvalue weighted by molar-refractivity contribution is 0.0474. The maximum absolute atomic E-state index is 12.0. The molecule has 0 heterocycles. The van der Waals surface area contributed by atoms with Crippen LogP contribution < -0.4 is 30.2 Å². The largest absolute Gasteiger partial charge is 0.493 e. The minimum Gasteiger partial charge on any atom is -0.493 e. The zero-order chi connectivity index (χ0) is 22.9. The van der Waals surface area contributed by atoms with Gasteiger partial charge >= 0.3 is 6.09 Å². The molecule has 0 bridgehead atoms. The van der Waals surface area contributed by atoms with Gasteiger partial charge in [-0.05, 0) is 52.3 Å². The fourth-order valence-corrected chi connectivity index (χ4v) is 2.57. The maximum atomic E-state index is 12.0. The summed E-state index contributed by atoms with van der Waals surface area (Å²) in [5, 5.41) is 9.30. The maximum Gasteiger partial charge on any atom is 0.408 e. The molecule has 1 aromatic rings. The third-order valence-electron chi connectivity index (χ3n) is 3.95. The van der Waals surface area contributed by atoms with Gasteiger partial charge in [-0.1, -0.05) is 0 Å². The number of rotatable bonds is 8. The van der Waals surface area contributed by atoms with Gasteiger partial charge in [0.15, 0.2) is 17.5 Å². The molecule has 0 aromatic heterocycles. The van der Waals surface area contributed by atoms with Crippen LogP contribution >= 0.6 is 24.0 Å². The molecule has 0 aliphatic carbocycles. The van der Waals surface area contributed by atoms with Crippen LogP contribution in [0.3, 0.4) is 0 Å². The van der Waals surface area contributed by atoms with E-state index in [1.165, 1.54) is 0 Å². The molecule has 0 atom stereocenters. The summed E-state index contributed by atoms with van der Waals surface area (Å²) in [6.07, 6.45) is -0.463. The number of amides is 1. The molecule has 3 N–H and O–H groups in total. The van der Waals surface area contributed by atoms with Gasteiger partial charge in [-0.2, -0.15) is 0 Å². The Morgan fingerprint density at radius 1 is 0.968 bits per heavy atom. The quantitative estimate of drug-likeness (QED) is 0.259. The Hall–Kier alpha value is -2.11. The van der Waals surface area contributed by atoms with Crippen LogP contribution in [-0.4, -0.2) is 58.1 Å². The molecule has 9 nitrogen and oxygen atoms in total. The number of carbonyl (C=O) groups is 1. The average Bonchev–Trinajstić information content (AvgIpc) is 2.64. The molecule has 1 aromatic carbocycles. The molecule has 0 fully saturated rings. The number of nitrogens with zero attached hydrogens (tertiary/aromatic N) is 1. The van der Waals surface area contributed by atoms with E-state index in [2.05, 4.69) is 20.9 Å². The highest BCUT2D eigenvalue weighted by Gasteiger charge is 2.24. The van der Waals surface area contributed by atoms with Gasteiger partial charge in [0.05, 0.1) is 26.9 Å². The van der Waals surface area contributed by atoms with Crippen molar-refractivity contribution in [1.29, 1.82) is 0 Å². The Morgan fingerprint density at radius 2 is 1.52 bits per heavy atom. The number of hydrogen-bond donors (Lipinski definition) is 3. The molecule has 0 unspecified atom stereocenters.